The van der Waals surface area contributed by atoms with Gasteiger partial charge in [0.1, 0.15) is 0 Å². The Labute approximate surface area is 126 Å². The zero-order valence-corrected chi connectivity index (χ0v) is 13.1. The average Bonchev–Trinajstić information content (AvgIpc) is 2.41. The van der Waals surface area contributed by atoms with E-state index >= 15 is 0 Å². The maximum Gasteiger partial charge on any atom is 0.253 e. The summed E-state index contributed by atoms with van der Waals surface area (Å²) in [6, 6.07) is 5.04. The van der Waals surface area contributed by atoms with Crippen molar-refractivity contribution in [3.8, 4) is 0 Å². The van der Waals surface area contributed by atoms with Crippen molar-refractivity contribution in [3.05, 3.63) is 33.3 Å². The summed E-state index contributed by atoms with van der Waals surface area (Å²) >= 11 is 9.24. The second-order valence-electron chi connectivity index (χ2n) is 4.96. The van der Waals surface area contributed by atoms with Crippen molar-refractivity contribution < 1.29 is 9.90 Å². The number of nitrogens with zero attached hydrogens (tertiary/aromatic N) is 1. The van der Waals surface area contributed by atoms with E-state index < -0.39 is 6.10 Å². The maximum absolute atomic E-state index is 12.4. The summed E-state index contributed by atoms with van der Waals surface area (Å²) < 4.78 is 0.706. The van der Waals surface area contributed by atoms with Crippen molar-refractivity contribution in [2.45, 2.75) is 37.8 Å². The molecule has 5 heteroatoms. The standard InChI is InChI=1S/C14H17BrClNO2/c1-17(12-4-2-3-5-13(12)18)14(19)9-6-7-11(16)10(15)8-9/h6-8,12-13,18H,2-5H2,1H3. The quantitative estimate of drug-likeness (QED) is 0.890. The first-order chi connectivity index (χ1) is 9.00. The Morgan fingerprint density at radius 1 is 1.42 bits per heavy atom. The molecule has 1 aliphatic carbocycles. The number of aliphatic hydroxyl groups excluding tert-OH is 1. The number of carbonyl (C=O) groups excluding carboxylic acids is 1. The van der Waals surface area contributed by atoms with Crippen LogP contribution in [-0.2, 0) is 0 Å². The Bertz CT molecular complexity index is 481. The van der Waals surface area contributed by atoms with E-state index in [0.717, 1.165) is 25.7 Å². The normalized spacial score (nSPS) is 23.2. The van der Waals surface area contributed by atoms with E-state index in [-0.39, 0.29) is 11.9 Å². The molecule has 1 fully saturated rings. The molecular formula is C14H17BrClNO2. The third kappa shape index (κ3) is 3.30. The maximum atomic E-state index is 12.4. The van der Waals surface area contributed by atoms with Crippen molar-refractivity contribution >= 4 is 33.4 Å². The summed E-state index contributed by atoms with van der Waals surface area (Å²) in [6.07, 6.45) is 3.30. The molecule has 0 heterocycles. The van der Waals surface area contributed by atoms with Crippen LogP contribution in [0.3, 0.4) is 0 Å². The molecule has 0 aromatic heterocycles. The predicted octanol–water partition coefficient (Wildman–Crippen LogP) is 3.48. The lowest BCUT2D eigenvalue weighted by molar-refractivity contribution is 0.0268. The summed E-state index contributed by atoms with van der Waals surface area (Å²) in [4.78, 5) is 14.1. The molecular weight excluding hydrogens is 330 g/mol. The Balaban J connectivity index is 2.15. The highest BCUT2D eigenvalue weighted by molar-refractivity contribution is 9.10. The Hall–Kier alpha value is -0.580. The van der Waals surface area contributed by atoms with Gasteiger partial charge in [0, 0.05) is 17.1 Å². The van der Waals surface area contributed by atoms with Crippen LogP contribution in [0.4, 0.5) is 0 Å². The number of hydrogen-bond donors (Lipinski definition) is 1. The Morgan fingerprint density at radius 2 is 2.11 bits per heavy atom. The fourth-order valence-electron chi connectivity index (χ4n) is 2.53. The molecule has 104 valence electrons. The van der Waals surface area contributed by atoms with Gasteiger partial charge in [-0.05, 0) is 47.0 Å². The molecule has 1 aromatic carbocycles. The fourth-order valence-corrected chi connectivity index (χ4v) is 3.02. The van der Waals surface area contributed by atoms with Crippen LogP contribution in [-0.4, -0.2) is 35.1 Å². The first kappa shape index (κ1) is 14.8. The SMILES string of the molecule is CN(C(=O)c1ccc(Cl)c(Br)c1)C1CCCCC1O. The highest BCUT2D eigenvalue weighted by Gasteiger charge is 2.29. The number of halogens is 2. The number of carbonyl (C=O) groups is 1. The molecule has 0 spiro atoms. The van der Waals surface area contributed by atoms with Gasteiger partial charge in [0.25, 0.3) is 5.91 Å². The summed E-state index contributed by atoms with van der Waals surface area (Å²) in [6.45, 7) is 0. The van der Waals surface area contributed by atoms with E-state index in [1.807, 2.05) is 0 Å². The summed E-state index contributed by atoms with van der Waals surface area (Å²) in [7, 11) is 1.75. The van der Waals surface area contributed by atoms with Crippen LogP contribution in [0.15, 0.2) is 22.7 Å². The molecule has 2 rings (SSSR count). The first-order valence-corrected chi connectivity index (χ1v) is 7.58. The molecule has 0 bridgehead atoms. The molecule has 2 unspecified atom stereocenters. The number of rotatable bonds is 2. The predicted molar refractivity (Wildman–Crippen MR) is 79.5 cm³/mol. The average molecular weight is 347 g/mol. The number of likely N-dealkylation sites (N-methyl/N-ethyl adjacent to an activating group) is 1. The van der Waals surface area contributed by atoms with E-state index in [1.165, 1.54) is 0 Å². The van der Waals surface area contributed by atoms with Gasteiger partial charge in [0.2, 0.25) is 0 Å². The molecule has 0 aliphatic heterocycles. The molecule has 1 aromatic rings. The van der Waals surface area contributed by atoms with E-state index in [9.17, 15) is 9.90 Å². The highest BCUT2D eigenvalue weighted by atomic mass is 79.9. The summed E-state index contributed by atoms with van der Waals surface area (Å²) in [5, 5.41) is 10.6. The number of benzene rings is 1. The van der Waals surface area contributed by atoms with E-state index in [4.69, 9.17) is 11.6 Å². The highest BCUT2D eigenvalue weighted by Crippen LogP contribution is 2.26. The van der Waals surface area contributed by atoms with Crippen molar-refractivity contribution in [1.29, 1.82) is 0 Å². The Kier molecular flexibility index (Phi) is 4.87. The molecule has 0 radical (unpaired) electrons. The Morgan fingerprint density at radius 3 is 2.74 bits per heavy atom. The van der Waals surface area contributed by atoms with Crippen LogP contribution in [0.1, 0.15) is 36.0 Å². The van der Waals surface area contributed by atoms with Crippen LogP contribution in [0.25, 0.3) is 0 Å². The molecule has 1 aliphatic rings. The molecule has 1 saturated carbocycles. The zero-order valence-electron chi connectivity index (χ0n) is 10.8. The summed E-state index contributed by atoms with van der Waals surface area (Å²) in [5.41, 5.74) is 0.580. The van der Waals surface area contributed by atoms with Crippen LogP contribution in [0, 0.1) is 0 Å². The minimum Gasteiger partial charge on any atom is -0.391 e. The van der Waals surface area contributed by atoms with Crippen LogP contribution in [0.2, 0.25) is 5.02 Å². The molecule has 2 atom stereocenters. The van der Waals surface area contributed by atoms with Crippen molar-refractivity contribution in [3.63, 3.8) is 0 Å². The van der Waals surface area contributed by atoms with Crippen molar-refractivity contribution in [2.24, 2.45) is 0 Å². The van der Waals surface area contributed by atoms with Crippen LogP contribution >= 0.6 is 27.5 Å². The number of amides is 1. The molecule has 0 saturated heterocycles. The van der Waals surface area contributed by atoms with Gasteiger partial charge < -0.3 is 10.0 Å². The van der Waals surface area contributed by atoms with Crippen LogP contribution in [0.5, 0.6) is 0 Å². The fraction of sp³-hybridized carbons (Fsp3) is 0.500. The van der Waals surface area contributed by atoms with Crippen molar-refractivity contribution in [2.75, 3.05) is 7.05 Å². The molecule has 19 heavy (non-hydrogen) atoms. The minimum atomic E-state index is -0.418. The lowest BCUT2D eigenvalue weighted by Crippen LogP contribution is -2.46. The lowest BCUT2D eigenvalue weighted by Gasteiger charge is -2.35. The number of aliphatic hydroxyl groups is 1. The largest absolute Gasteiger partial charge is 0.391 e. The topological polar surface area (TPSA) is 40.5 Å². The minimum absolute atomic E-state index is 0.0803. The first-order valence-electron chi connectivity index (χ1n) is 6.41. The van der Waals surface area contributed by atoms with E-state index in [1.54, 1.807) is 30.1 Å². The zero-order chi connectivity index (χ0) is 14.0. The number of hydrogen-bond acceptors (Lipinski definition) is 2. The van der Waals surface area contributed by atoms with E-state index in [0.29, 0.717) is 15.1 Å². The molecule has 1 amide bonds. The second kappa shape index (κ2) is 6.25. The van der Waals surface area contributed by atoms with E-state index in [2.05, 4.69) is 15.9 Å². The third-order valence-corrected chi connectivity index (χ3v) is 4.89. The van der Waals surface area contributed by atoms with Gasteiger partial charge in [-0.2, -0.15) is 0 Å². The second-order valence-corrected chi connectivity index (χ2v) is 6.23. The van der Waals surface area contributed by atoms with Crippen molar-refractivity contribution in [1.82, 2.24) is 4.90 Å². The lowest BCUT2D eigenvalue weighted by atomic mass is 9.91. The third-order valence-electron chi connectivity index (χ3n) is 3.68. The molecule has 3 nitrogen and oxygen atoms in total. The van der Waals surface area contributed by atoms with Gasteiger partial charge in [-0.3, -0.25) is 4.79 Å². The van der Waals surface area contributed by atoms with Gasteiger partial charge in [0.15, 0.2) is 0 Å². The van der Waals surface area contributed by atoms with Gasteiger partial charge >= 0.3 is 0 Å². The summed E-state index contributed by atoms with van der Waals surface area (Å²) in [5.74, 6) is -0.0803. The van der Waals surface area contributed by atoms with Gasteiger partial charge in [-0.15, -0.1) is 0 Å². The van der Waals surface area contributed by atoms with Gasteiger partial charge in [-0.25, -0.2) is 0 Å². The van der Waals surface area contributed by atoms with Crippen LogP contribution < -0.4 is 0 Å². The smallest absolute Gasteiger partial charge is 0.253 e. The van der Waals surface area contributed by atoms with Gasteiger partial charge in [-0.1, -0.05) is 24.4 Å². The molecule has 1 N–H and O–H groups in total. The monoisotopic (exact) mass is 345 g/mol. The van der Waals surface area contributed by atoms with Gasteiger partial charge in [0.05, 0.1) is 17.2 Å².